The van der Waals surface area contributed by atoms with E-state index >= 15 is 0 Å². The Hall–Kier alpha value is -1.84. The maximum atomic E-state index is 13.9. The molecular weight excluding hydrogens is 282 g/mol. The van der Waals surface area contributed by atoms with Crippen LogP contribution in [0.15, 0.2) is 29.9 Å². The van der Waals surface area contributed by atoms with Crippen molar-refractivity contribution in [2.24, 2.45) is 0 Å². The molecule has 0 unspecified atom stereocenters. The highest BCUT2D eigenvalue weighted by molar-refractivity contribution is 7.09. The fourth-order valence-electron chi connectivity index (χ4n) is 2.16. The average Bonchev–Trinajstić information content (AvgIpc) is 2.97. The van der Waals surface area contributed by atoms with E-state index in [0.717, 1.165) is 10.9 Å². The van der Waals surface area contributed by atoms with E-state index in [1.165, 1.54) is 23.5 Å². The lowest BCUT2D eigenvalue weighted by atomic mass is 9.84. The van der Waals surface area contributed by atoms with Gasteiger partial charge in [-0.1, -0.05) is 12.1 Å². The Kier molecular flexibility index (Phi) is 4.77. The number of rotatable bonds is 5. The Morgan fingerprint density at radius 1 is 1.40 bits per heavy atom. The van der Waals surface area contributed by atoms with Crippen molar-refractivity contribution >= 4 is 11.3 Å². The summed E-state index contributed by atoms with van der Waals surface area (Å²) in [6, 6.07) is 5.81. The molecule has 2 atom stereocenters. The maximum absolute atomic E-state index is 13.9. The number of aromatic nitrogens is 1. The first-order valence-corrected chi connectivity index (χ1v) is 6.89. The molecule has 104 valence electrons. The van der Waals surface area contributed by atoms with Gasteiger partial charge in [0.1, 0.15) is 0 Å². The normalized spacial score (nSPS) is 13.7. The van der Waals surface area contributed by atoms with Crippen LogP contribution in [-0.2, 0) is 0 Å². The molecule has 20 heavy (non-hydrogen) atoms. The summed E-state index contributed by atoms with van der Waals surface area (Å²) in [6.07, 6.45) is 1.88. The fourth-order valence-corrected chi connectivity index (χ4v) is 2.95. The van der Waals surface area contributed by atoms with E-state index in [1.807, 2.05) is 6.07 Å². The topological polar surface area (TPSA) is 56.9 Å². The van der Waals surface area contributed by atoms with Crippen molar-refractivity contribution in [3.8, 4) is 6.07 Å². The molecule has 0 aliphatic rings. The van der Waals surface area contributed by atoms with E-state index in [9.17, 15) is 14.0 Å². The number of hydrogen-bond donors (Lipinski definition) is 1. The number of hydrogen-bond acceptors (Lipinski definition) is 4. The Bertz CT molecular complexity index is 610. The van der Waals surface area contributed by atoms with Crippen LogP contribution in [0.4, 0.5) is 8.78 Å². The third kappa shape index (κ3) is 2.84. The van der Waals surface area contributed by atoms with Crippen molar-refractivity contribution < 1.29 is 13.9 Å². The molecule has 0 spiro atoms. The van der Waals surface area contributed by atoms with Crippen molar-refractivity contribution in [1.82, 2.24) is 4.98 Å². The van der Waals surface area contributed by atoms with E-state index < -0.39 is 23.5 Å². The second-order valence-electron chi connectivity index (χ2n) is 4.27. The van der Waals surface area contributed by atoms with Crippen molar-refractivity contribution in [3.63, 3.8) is 0 Å². The Labute approximate surface area is 119 Å². The Morgan fingerprint density at radius 2 is 2.20 bits per heavy atom. The van der Waals surface area contributed by atoms with Gasteiger partial charge in [0, 0.05) is 29.2 Å². The number of thiazole rings is 1. The van der Waals surface area contributed by atoms with Gasteiger partial charge in [0.25, 0.3) is 0 Å². The van der Waals surface area contributed by atoms with Crippen LogP contribution in [0, 0.1) is 23.0 Å². The molecule has 0 bridgehead atoms. The zero-order valence-electron chi connectivity index (χ0n) is 10.5. The number of aliphatic hydroxyl groups excluding tert-OH is 1. The van der Waals surface area contributed by atoms with E-state index in [1.54, 1.807) is 11.7 Å². The third-order valence-corrected chi connectivity index (χ3v) is 4.02. The van der Waals surface area contributed by atoms with Crippen LogP contribution < -0.4 is 0 Å². The van der Waals surface area contributed by atoms with Gasteiger partial charge in [-0.05, 0) is 12.5 Å². The van der Waals surface area contributed by atoms with Crippen molar-refractivity contribution in [1.29, 1.82) is 5.26 Å². The largest absolute Gasteiger partial charge is 0.396 e. The lowest BCUT2D eigenvalue weighted by Gasteiger charge is -2.20. The van der Waals surface area contributed by atoms with E-state index in [0.29, 0.717) is 0 Å². The molecular formula is C14H12F2N2OS. The molecule has 2 aromatic rings. The summed E-state index contributed by atoms with van der Waals surface area (Å²) in [7, 11) is 0. The molecule has 0 aliphatic heterocycles. The summed E-state index contributed by atoms with van der Waals surface area (Å²) < 4.78 is 27.2. The number of nitriles is 1. The van der Waals surface area contributed by atoms with Gasteiger partial charge in [-0.25, -0.2) is 8.78 Å². The van der Waals surface area contributed by atoms with Crippen LogP contribution in [0.3, 0.4) is 0 Å². The maximum Gasteiger partial charge on any atom is 0.163 e. The molecule has 1 heterocycles. The highest BCUT2D eigenvalue weighted by Crippen LogP contribution is 2.38. The second-order valence-corrected chi connectivity index (χ2v) is 5.19. The lowest BCUT2D eigenvalue weighted by Crippen LogP contribution is -2.13. The molecule has 6 heteroatoms. The fraction of sp³-hybridized carbons (Fsp3) is 0.286. The van der Waals surface area contributed by atoms with Gasteiger partial charge < -0.3 is 5.11 Å². The monoisotopic (exact) mass is 294 g/mol. The number of benzene rings is 1. The first-order chi connectivity index (χ1) is 9.69. The minimum absolute atomic E-state index is 0.0133. The molecule has 0 aliphatic carbocycles. The van der Waals surface area contributed by atoms with Gasteiger partial charge in [0.05, 0.1) is 17.5 Å². The van der Waals surface area contributed by atoms with Gasteiger partial charge in [-0.15, -0.1) is 11.3 Å². The van der Waals surface area contributed by atoms with E-state index in [2.05, 4.69) is 4.98 Å². The molecule has 3 nitrogen and oxygen atoms in total. The predicted octanol–water partition coefficient (Wildman–Crippen LogP) is 3.19. The van der Waals surface area contributed by atoms with Crippen LogP contribution in [0.2, 0.25) is 0 Å². The molecule has 1 aromatic heterocycles. The average molecular weight is 294 g/mol. The molecule has 0 saturated heterocycles. The van der Waals surface area contributed by atoms with Crippen LogP contribution in [0.25, 0.3) is 0 Å². The minimum Gasteiger partial charge on any atom is -0.396 e. The zero-order chi connectivity index (χ0) is 14.5. The predicted molar refractivity (Wildman–Crippen MR) is 71.3 cm³/mol. The van der Waals surface area contributed by atoms with Crippen LogP contribution in [-0.4, -0.2) is 16.7 Å². The van der Waals surface area contributed by atoms with E-state index in [4.69, 9.17) is 5.11 Å². The van der Waals surface area contributed by atoms with Crippen molar-refractivity contribution in [2.45, 2.75) is 18.3 Å². The first kappa shape index (κ1) is 14.6. The van der Waals surface area contributed by atoms with Gasteiger partial charge in [-0.2, -0.15) is 5.26 Å². The standard InChI is InChI=1S/C14H12F2N2OS/c15-12-3-1-2-10(14(12)16)11(6-17)9(4-5-19)13-7-18-8-20-13/h1-3,7-9,11,19H,4-5H2/t9-,11+/m0/s1. The molecule has 0 radical (unpaired) electrons. The third-order valence-electron chi connectivity index (χ3n) is 3.11. The summed E-state index contributed by atoms with van der Waals surface area (Å²) in [4.78, 5) is 4.71. The number of nitrogens with zero attached hydrogens (tertiary/aromatic N) is 2. The summed E-state index contributed by atoms with van der Waals surface area (Å²) in [5.41, 5.74) is 1.62. The Balaban J connectivity index is 2.44. The van der Waals surface area contributed by atoms with Gasteiger partial charge in [0.2, 0.25) is 0 Å². The highest BCUT2D eigenvalue weighted by Gasteiger charge is 2.28. The second kappa shape index (κ2) is 6.55. The SMILES string of the molecule is N#C[C@@H](c1cccc(F)c1F)[C@H](CCO)c1cncs1. The number of halogens is 2. The van der Waals surface area contributed by atoms with Crippen molar-refractivity contribution in [3.05, 3.63) is 52.0 Å². The first-order valence-electron chi connectivity index (χ1n) is 6.01. The quantitative estimate of drug-likeness (QED) is 0.921. The zero-order valence-corrected chi connectivity index (χ0v) is 11.3. The summed E-state index contributed by atoms with van der Waals surface area (Å²) in [5.74, 6) is -3.26. The molecule has 0 saturated carbocycles. The molecule has 1 aromatic carbocycles. The minimum atomic E-state index is -1.01. The molecule has 0 amide bonds. The summed E-state index contributed by atoms with van der Waals surface area (Å²) in [5, 5.41) is 18.5. The van der Waals surface area contributed by atoms with Crippen molar-refractivity contribution in [2.75, 3.05) is 6.61 Å². The number of aliphatic hydroxyl groups is 1. The van der Waals surface area contributed by atoms with Crippen LogP contribution >= 0.6 is 11.3 Å². The Morgan fingerprint density at radius 3 is 2.80 bits per heavy atom. The molecule has 1 N–H and O–H groups in total. The lowest BCUT2D eigenvalue weighted by molar-refractivity contribution is 0.272. The van der Waals surface area contributed by atoms with Gasteiger partial charge in [0.15, 0.2) is 11.6 Å². The summed E-state index contributed by atoms with van der Waals surface area (Å²) in [6.45, 7) is -0.141. The van der Waals surface area contributed by atoms with Gasteiger partial charge >= 0.3 is 0 Å². The van der Waals surface area contributed by atoms with Gasteiger partial charge in [-0.3, -0.25) is 4.98 Å². The summed E-state index contributed by atoms with van der Waals surface area (Å²) >= 11 is 1.33. The van der Waals surface area contributed by atoms with Crippen LogP contribution in [0.5, 0.6) is 0 Å². The smallest absolute Gasteiger partial charge is 0.163 e. The highest BCUT2D eigenvalue weighted by atomic mass is 32.1. The van der Waals surface area contributed by atoms with Crippen LogP contribution in [0.1, 0.15) is 28.7 Å². The molecule has 0 fully saturated rings. The molecule has 2 rings (SSSR count). The van der Waals surface area contributed by atoms with E-state index in [-0.39, 0.29) is 18.6 Å².